The van der Waals surface area contributed by atoms with E-state index in [9.17, 15) is 14.0 Å². The van der Waals surface area contributed by atoms with Crippen LogP contribution in [0.1, 0.15) is 50.8 Å². The SMILES string of the molecule is CN1NNc2cccc([C@H](Nc3cc(Cl)c4ncc(C#N)c(NCC(C)(C)C)c4c3)C3=CN(C4(C(F)F)CC4)NN3)c21. The first-order valence-electron chi connectivity index (χ1n) is 13.7. The summed E-state index contributed by atoms with van der Waals surface area (Å²) in [6.07, 6.45) is 1.55. The molecule has 220 valence electrons. The average molecular weight is 595 g/mol. The van der Waals surface area contributed by atoms with E-state index in [0.29, 0.717) is 57.9 Å². The highest BCUT2D eigenvalue weighted by Gasteiger charge is 2.56. The number of aromatic nitrogens is 1. The number of halogens is 3. The molecule has 13 heteroatoms. The van der Waals surface area contributed by atoms with E-state index in [-0.39, 0.29) is 5.41 Å². The molecule has 1 aromatic heterocycles. The van der Waals surface area contributed by atoms with Crippen molar-refractivity contribution in [3.8, 4) is 6.07 Å². The van der Waals surface area contributed by atoms with Crippen molar-refractivity contribution >= 4 is 45.3 Å². The molecule has 0 spiro atoms. The summed E-state index contributed by atoms with van der Waals surface area (Å²) in [5.41, 5.74) is 16.7. The smallest absolute Gasteiger partial charge is 0.262 e. The lowest BCUT2D eigenvalue weighted by Crippen LogP contribution is -2.48. The first-order valence-corrected chi connectivity index (χ1v) is 14.1. The normalized spacial score (nSPS) is 17.8. The summed E-state index contributed by atoms with van der Waals surface area (Å²) in [6.45, 7) is 6.96. The Kier molecular flexibility index (Phi) is 6.92. The number of hydrogen-bond donors (Lipinski definition) is 6. The third-order valence-electron chi connectivity index (χ3n) is 7.77. The molecular weight excluding hydrogens is 562 g/mol. The largest absolute Gasteiger partial charge is 0.383 e. The predicted octanol–water partition coefficient (Wildman–Crippen LogP) is 5.62. The van der Waals surface area contributed by atoms with Crippen molar-refractivity contribution < 1.29 is 8.78 Å². The van der Waals surface area contributed by atoms with Crippen LogP contribution in [0.25, 0.3) is 10.9 Å². The molecule has 1 fully saturated rings. The van der Waals surface area contributed by atoms with Gasteiger partial charge in [0.15, 0.2) is 0 Å². The van der Waals surface area contributed by atoms with E-state index in [0.717, 1.165) is 16.9 Å². The standard InChI is InChI=1S/C29H33ClF2N10/c1-28(2,3)15-35-23-16(12-33)13-34-24-19(23)10-17(11-20(24)30)36-25(18-6-5-7-21-26(18)41(4)39-37-21)22-14-42(40-38-22)29(8-9-29)27(31)32/h5-7,10-11,13-14,25,27,36-40H,8-9,15H2,1-4H3,(H,34,35)/t25-/m0/s1. The Bertz CT molecular complexity index is 1610. The molecule has 0 saturated heterocycles. The van der Waals surface area contributed by atoms with Gasteiger partial charge in [0, 0.05) is 42.6 Å². The number of nitrogens with zero attached hydrogens (tertiary/aromatic N) is 4. The van der Waals surface area contributed by atoms with Gasteiger partial charge in [-0.3, -0.25) is 15.0 Å². The highest BCUT2D eigenvalue weighted by Crippen LogP contribution is 2.48. The number of pyridine rings is 1. The van der Waals surface area contributed by atoms with E-state index in [1.165, 1.54) is 11.2 Å². The van der Waals surface area contributed by atoms with Gasteiger partial charge in [0.25, 0.3) is 6.43 Å². The highest BCUT2D eigenvalue weighted by molar-refractivity contribution is 6.35. The van der Waals surface area contributed by atoms with Crippen molar-refractivity contribution in [1.82, 2.24) is 26.5 Å². The Morgan fingerprint density at radius 3 is 2.67 bits per heavy atom. The minimum absolute atomic E-state index is 0.0362. The number of anilines is 4. The van der Waals surface area contributed by atoms with Crippen LogP contribution in [0.5, 0.6) is 0 Å². The van der Waals surface area contributed by atoms with Crippen LogP contribution in [-0.2, 0) is 0 Å². The molecular formula is C29H33ClF2N10. The molecule has 2 aliphatic heterocycles. The number of rotatable bonds is 8. The van der Waals surface area contributed by atoms with E-state index in [2.05, 4.69) is 64.4 Å². The zero-order valence-corrected chi connectivity index (χ0v) is 24.5. The zero-order valence-electron chi connectivity index (χ0n) is 23.7. The molecule has 6 rings (SSSR count). The molecule has 0 radical (unpaired) electrons. The topological polar surface area (TPSA) is 115 Å². The first kappa shape index (κ1) is 28.1. The van der Waals surface area contributed by atoms with Crippen molar-refractivity contribution in [2.75, 3.05) is 34.7 Å². The zero-order chi connectivity index (χ0) is 29.8. The Labute approximate surface area is 248 Å². The van der Waals surface area contributed by atoms with Crippen LogP contribution in [0.3, 0.4) is 0 Å². The number of nitriles is 1. The van der Waals surface area contributed by atoms with Crippen LogP contribution >= 0.6 is 11.6 Å². The Balaban J connectivity index is 1.45. The van der Waals surface area contributed by atoms with Gasteiger partial charge in [0.05, 0.1) is 44.9 Å². The Morgan fingerprint density at radius 1 is 1.19 bits per heavy atom. The number of para-hydroxylation sites is 1. The lowest BCUT2D eigenvalue weighted by Gasteiger charge is -2.26. The van der Waals surface area contributed by atoms with E-state index in [1.54, 1.807) is 12.3 Å². The molecule has 6 N–H and O–H groups in total. The molecule has 1 aliphatic carbocycles. The minimum atomic E-state index is -2.49. The maximum absolute atomic E-state index is 14.0. The summed E-state index contributed by atoms with van der Waals surface area (Å²) < 4.78 is 27.9. The van der Waals surface area contributed by atoms with E-state index < -0.39 is 18.0 Å². The molecule has 2 aromatic carbocycles. The highest BCUT2D eigenvalue weighted by atomic mass is 35.5. The molecule has 0 unspecified atom stereocenters. The summed E-state index contributed by atoms with van der Waals surface area (Å²) in [4.78, 5) is 4.47. The summed E-state index contributed by atoms with van der Waals surface area (Å²) >= 11 is 6.78. The summed E-state index contributed by atoms with van der Waals surface area (Å²) in [6, 6.07) is 11.3. The van der Waals surface area contributed by atoms with E-state index in [4.69, 9.17) is 11.6 Å². The van der Waals surface area contributed by atoms with Gasteiger partial charge in [-0.25, -0.2) is 8.78 Å². The number of benzene rings is 2. The van der Waals surface area contributed by atoms with Gasteiger partial charge in [0.2, 0.25) is 0 Å². The fourth-order valence-corrected chi connectivity index (χ4v) is 5.61. The van der Waals surface area contributed by atoms with Crippen molar-refractivity contribution in [1.29, 1.82) is 5.26 Å². The summed E-state index contributed by atoms with van der Waals surface area (Å²) in [7, 11) is 1.89. The lowest BCUT2D eigenvalue weighted by molar-refractivity contribution is 0.00911. The Hall–Kier alpha value is -4.05. The molecule has 1 atom stereocenters. The molecule has 42 heavy (non-hydrogen) atoms. The number of fused-ring (bicyclic) bond motifs is 2. The monoisotopic (exact) mass is 594 g/mol. The fraction of sp³-hybridized carbons (Fsp3) is 0.379. The van der Waals surface area contributed by atoms with Gasteiger partial charge in [-0.1, -0.05) is 44.5 Å². The number of nitrogens with one attached hydrogen (secondary N) is 6. The second kappa shape index (κ2) is 10.3. The summed E-state index contributed by atoms with van der Waals surface area (Å²) in [5, 5.41) is 21.4. The molecule has 3 aromatic rings. The predicted molar refractivity (Wildman–Crippen MR) is 162 cm³/mol. The van der Waals surface area contributed by atoms with Crippen LogP contribution in [0.2, 0.25) is 5.02 Å². The minimum Gasteiger partial charge on any atom is -0.383 e. The molecule has 3 aliphatic rings. The van der Waals surface area contributed by atoms with Crippen LogP contribution in [0.15, 0.2) is 48.4 Å². The maximum Gasteiger partial charge on any atom is 0.262 e. The van der Waals surface area contributed by atoms with E-state index in [1.807, 2.05) is 36.3 Å². The van der Waals surface area contributed by atoms with Crippen molar-refractivity contribution in [2.24, 2.45) is 5.41 Å². The van der Waals surface area contributed by atoms with Crippen molar-refractivity contribution in [2.45, 2.75) is 51.6 Å². The molecule has 10 nitrogen and oxygen atoms in total. The quantitative estimate of drug-likeness (QED) is 0.196. The average Bonchev–Trinajstić information content (AvgIpc) is 3.47. The van der Waals surface area contributed by atoms with Crippen LogP contribution < -0.4 is 37.6 Å². The van der Waals surface area contributed by atoms with Gasteiger partial charge in [-0.05, 0) is 36.5 Å². The number of alkyl halides is 2. The van der Waals surface area contributed by atoms with Crippen LogP contribution in [0.4, 0.5) is 31.5 Å². The van der Waals surface area contributed by atoms with Crippen LogP contribution in [-0.4, -0.2) is 35.5 Å². The maximum atomic E-state index is 14.0. The van der Waals surface area contributed by atoms with Gasteiger partial charge in [-0.15, -0.1) is 11.1 Å². The molecule has 0 bridgehead atoms. The van der Waals surface area contributed by atoms with Crippen LogP contribution in [0, 0.1) is 16.7 Å². The van der Waals surface area contributed by atoms with Crippen molar-refractivity contribution in [3.05, 3.63) is 64.6 Å². The molecule has 0 amide bonds. The fourth-order valence-electron chi connectivity index (χ4n) is 5.34. The number of hydrogen-bond acceptors (Lipinski definition) is 10. The van der Waals surface area contributed by atoms with Gasteiger partial charge < -0.3 is 21.5 Å². The van der Waals surface area contributed by atoms with Gasteiger partial charge in [-0.2, -0.15) is 5.26 Å². The third-order valence-corrected chi connectivity index (χ3v) is 8.06. The molecule has 1 saturated carbocycles. The number of hydrazine groups is 4. The first-order chi connectivity index (χ1) is 20.0. The lowest BCUT2D eigenvalue weighted by atomic mass is 9.96. The second-order valence-corrected chi connectivity index (χ2v) is 12.5. The van der Waals surface area contributed by atoms with E-state index >= 15 is 0 Å². The Morgan fingerprint density at radius 2 is 1.98 bits per heavy atom. The second-order valence-electron chi connectivity index (χ2n) is 12.1. The molecule has 3 heterocycles. The van der Waals surface area contributed by atoms with Gasteiger partial charge in [0.1, 0.15) is 11.6 Å². The van der Waals surface area contributed by atoms with Gasteiger partial charge >= 0.3 is 0 Å². The summed E-state index contributed by atoms with van der Waals surface area (Å²) in [5.74, 6) is 0. The third kappa shape index (κ3) is 4.98. The van der Waals surface area contributed by atoms with Crippen molar-refractivity contribution in [3.63, 3.8) is 0 Å².